The van der Waals surface area contributed by atoms with Gasteiger partial charge in [0.05, 0.1) is 6.04 Å². The topological polar surface area (TPSA) is 25.2 Å². The fraction of sp³-hybridized carbons (Fsp3) is 0.429. The Balaban J connectivity index is 2.32. The summed E-state index contributed by atoms with van der Waals surface area (Å²) < 4.78 is 55.7. The fourth-order valence-electron chi connectivity index (χ4n) is 2.26. The number of alkyl halides is 3. The Hall–Kier alpha value is -1.56. The first-order valence-corrected chi connectivity index (χ1v) is 6.24. The van der Waals surface area contributed by atoms with Crippen LogP contribution in [0, 0.1) is 12.7 Å². The van der Waals surface area contributed by atoms with E-state index in [0.717, 1.165) is 0 Å². The fourth-order valence-corrected chi connectivity index (χ4v) is 2.26. The minimum absolute atomic E-state index is 0.122. The van der Waals surface area contributed by atoms with Gasteiger partial charge in [-0.15, -0.1) is 0 Å². The van der Waals surface area contributed by atoms with Crippen LogP contribution < -0.4 is 5.32 Å². The van der Waals surface area contributed by atoms with Crippen molar-refractivity contribution in [2.45, 2.75) is 32.0 Å². The van der Waals surface area contributed by atoms with Crippen molar-refractivity contribution in [1.82, 2.24) is 5.32 Å². The second-order valence-corrected chi connectivity index (χ2v) is 4.73. The van der Waals surface area contributed by atoms with E-state index in [-0.39, 0.29) is 6.42 Å². The van der Waals surface area contributed by atoms with Gasteiger partial charge >= 0.3 is 6.18 Å². The third-order valence-electron chi connectivity index (χ3n) is 3.32. The summed E-state index contributed by atoms with van der Waals surface area (Å²) in [6, 6.07) is 3.53. The van der Waals surface area contributed by atoms with Crippen LogP contribution in [0.2, 0.25) is 0 Å². The van der Waals surface area contributed by atoms with Crippen LogP contribution in [0.1, 0.15) is 30.2 Å². The van der Waals surface area contributed by atoms with E-state index < -0.39 is 24.5 Å². The second kappa shape index (κ2) is 5.44. The number of furan rings is 1. The van der Waals surface area contributed by atoms with Gasteiger partial charge in [-0.1, -0.05) is 0 Å². The maximum Gasteiger partial charge on any atom is 0.389 e. The average molecular weight is 289 g/mol. The molecule has 0 amide bonds. The first-order valence-electron chi connectivity index (χ1n) is 6.24. The van der Waals surface area contributed by atoms with Crippen molar-refractivity contribution in [1.29, 1.82) is 0 Å². The smallest absolute Gasteiger partial charge is 0.389 e. The predicted octanol–water partition coefficient (Wildman–Crippen LogP) is 4.48. The van der Waals surface area contributed by atoms with Crippen molar-refractivity contribution in [3.63, 3.8) is 0 Å². The zero-order valence-corrected chi connectivity index (χ0v) is 11.1. The van der Waals surface area contributed by atoms with Gasteiger partial charge in [0, 0.05) is 17.4 Å². The molecule has 0 fully saturated rings. The summed E-state index contributed by atoms with van der Waals surface area (Å²) in [7, 11) is 1.58. The molecule has 0 aliphatic rings. The molecule has 110 valence electrons. The standard InChI is InChI=1S/C14H15F4NO/c1-8-10-7-9(15)3-4-12(10)20-13(8)11(19-2)5-6-14(16,17)18/h3-4,7,11,19H,5-6H2,1-2H3. The maximum absolute atomic E-state index is 13.2. The minimum Gasteiger partial charge on any atom is -0.459 e. The number of halogens is 4. The van der Waals surface area contributed by atoms with Gasteiger partial charge < -0.3 is 9.73 Å². The Morgan fingerprint density at radius 3 is 2.60 bits per heavy atom. The molecule has 0 aliphatic heterocycles. The van der Waals surface area contributed by atoms with Crippen LogP contribution in [0.4, 0.5) is 17.6 Å². The molecule has 1 unspecified atom stereocenters. The van der Waals surface area contributed by atoms with E-state index in [1.807, 2.05) is 0 Å². The molecule has 1 heterocycles. The highest BCUT2D eigenvalue weighted by Gasteiger charge is 2.30. The summed E-state index contributed by atoms with van der Waals surface area (Å²) in [4.78, 5) is 0. The Morgan fingerprint density at radius 2 is 2.00 bits per heavy atom. The SMILES string of the molecule is CNC(CCC(F)(F)F)c1oc2ccc(F)cc2c1C. The van der Waals surface area contributed by atoms with Gasteiger partial charge in [-0.2, -0.15) is 13.2 Å². The highest BCUT2D eigenvalue weighted by atomic mass is 19.4. The maximum atomic E-state index is 13.2. The van der Waals surface area contributed by atoms with Gasteiger partial charge in [0.2, 0.25) is 0 Å². The average Bonchev–Trinajstić information content (AvgIpc) is 2.67. The number of benzene rings is 1. The van der Waals surface area contributed by atoms with E-state index in [4.69, 9.17) is 4.42 Å². The Labute approximate surface area is 113 Å². The molecule has 20 heavy (non-hydrogen) atoms. The van der Waals surface area contributed by atoms with Crippen molar-refractivity contribution in [2.75, 3.05) is 7.05 Å². The third-order valence-corrected chi connectivity index (χ3v) is 3.32. The quantitative estimate of drug-likeness (QED) is 0.839. The van der Waals surface area contributed by atoms with Crippen molar-refractivity contribution in [3.05, 3.63) is 35.3 Å². The van der Waals surface area contributed by atoms with Crippen LogP contribution in [0.5, 0.6) is 0 Å². The monoisotopic (exact) mass is 289 g/mol. The first-order chi connectivity index (χ1) is 9.31. The van der Waals surface area contributed by atoms with Crippen LogP contribution in [-0.2, 0) is 0 Å². The number of aryl methyl sites for hydroxylation is 1. The van der Waals surface area contributed by atoms with Gasteiger partial charge in [-0.05, 0) is 38.6 Å². The lowest BCUT2D eigenvalue weighted by Crippen LogP contribution is -2.19. The molecule has 1 aromatic carbocycles. The van der Waals surface area contributed by atoms with Crippen LogP contribution in [0.15, 0.2) is 22.6 Å². The number of nitrogens with one attached hydrogen (secondary N) is 1. The number of rotatable bonds is 4. The molecule has 0 spiro atoms. The van der Waals surface area contributed by atoms with Crippen LogP contribution in [0.25, 0.3) is 11.0 Å². The molecule has 1 atom stereocenters. The summed E-state index contributed by atoms with van der Waals surface area (Å²) in [5.74, 6) is 0.0293. The summed E-state index contributed by atoms with van der Waals surface area (Å²) in [5, 5.41) is 3.41. The molecule has 2 rings (SSSR count). The summed E-state index contributed by atoms with van der Waals surface area (Å²) >= 11 is 0. The van der Waals surface area contributed by atoms with Gasteiger partial charge in [0.1, 0.15) is 17.2 Å². The molecule has 0 saturated heterocycles. The molecule has 0 aliphatic carbocycles. The van der Waals surface area contributed by atoms with E-state index in [1.165, 1.54) is 18.2 Å². The van der Waals surface area contributed by atoms with Crippen LogP contribution in [0.3, 0.4) is 0 Å². The second-order valence-electron chi connectivity index (χ2n) is 4.73. The summed E-state index contributed by atoms with van der Waals surface area (Å²) in [6.07, 6.45) is -5.23. The van der Waals surface area contributed by atoms with E-state index in [0.29, 0.717) is 22.3 Å². The normalized spacial score (nSPS) is 13.9. The highest BCUT2D eigenvalue weighted by Crippen LogP contribution is 2.34. The molecule has 2 aromatic rings. The highest BCUT2D eigenvalue weighted by molar-refractivity contribution is 5.82. The Morgan fingerprint density at radius 1 is 1.30 bits per heavy atom. The molecular weight excluding hydrogens is 274 g/mol. The van der Waals surface area contributed by atoms with Crippen LogP contribution in [-0.4, -0.2) is 13.2 Å². The minimum atomic E-state index is -4.21. The molecule has 1 aromatic heterocycles. The van der Waals surface area contributed by atoms with E-state index in [9.17, 15) is 17.6 Å². The Kier molecular flexibility index (Phi) is 4.04. The summed E-state index contributed by atoms with van der Waals surface area (Å²) in [6.45, 7) is 1.72. The molecule has 6 heteroatoms. The zero-order valence-electron chi connectivity index (χ0n) is 11.1. The van der Waals surface area contributed by atoms with E-state index >= 15 is 0 Å². The molecule has 0 radical (unpaired) electrons. The molecule has 0 bridgehead atoms. The summed E-state index contributed by atoms with van der Waals surface area (Å²) in [5.41, 5.74) is 1.15. The lowest BCUT2D eigenvalue weighted by Gasteiger charge is -2.15. The molecule has 2 nitrogen and oxygen atoms in total. The van der Waals surface area contributed by atoms with Gasteiger partial charge in [-0.25, -0.2) is 4.39 Å². The van der Waals surface area contributed by atoms with Gasteiger partial charge in [0.25, 0.3) is 0 Å². The van der Waals surface area contributed by atoms with Crippen molar-refractivity contribution < 1.29 is 22.0 Å². The largest absolute Gasteiger partial charge is 0.459 e. The molecule has 1 N–H and O–H groups in total. The molecule has 0 saturated carbocycles. The number of hydrogen-bond acceptors (Lipinski definition) is 2. The van der Waals surface area contributed by atoms with Crippen molar-refractivity contribution in [3.8, 4) is 0 Å². The van der Waals surface area contributed by atoms with Crippen molar-refractivity contribution >= 4 is 11.0 Å². The third kappa shape index (κ3) is 3.12. The first kappa shape index (κ1) is 14.8. The molecular formula is C14H15F4NO. The Bertz CT molecular complexity index is 603. The van der Waals surface area contributed by atoms with Crippen molar-refractivity contribution in [2.24, 2.45) is 0 Å². The predicted molar refractivity (Wildman–Crippen MR) is 68.0 cm³/mol. The lowest BCUT2D eigenvalue weighted by molar-refractivity contribution is -0.136. The van der Waals surface area contributed by atoms with E-state index in [2.05, 4.69) is 5.32 Å². The zero-order chi connectivity index (χ0) is 14.9. The van der Waals surface area contributed by atoms with Gasteiger partial charge in [-0.3, -0.25) is 0 Å². The number of hydrogen-bond donors (Lipinski definition) is 1. The van der Waals surface area contributed by atoms with Gasteiger partial charge in [0.15, 0.2) is 0 Å². The lowest BCUT2D eigenvalue weighted by atomic mass is 10.0. The van der Waals surface area contributed by atoms with E-state index in [1.54, 1.807) is 14.0 Å². The van der Waals surface area contributed by atoms with Crippen LogP contribution >= 0.6 is 0 Å². The number of fused-ring (bicyclic) bond motifs is 1.